The van der Waals surface area contributed by atoms with Crippen LogP contribution in [0.1, 0.15) is 34.1 Å². The zero-order valence-electron chi connectivity index (χ0n) is 11.8. The summed E-state index contributed by atoms with van der Waals surface area (Å²) >= 11 is 3.57. The highest BCUT2D eigenvalue weighted by atomic mass is 79.9. The minimum absolute atomic E-state index is 0.149. The Balaban J connectivity index is 2.37. The lowest BCUT2D eigenvalue weighted by atomic mass is 9.96. The monoisotopic (exact) mass is 310 g/mol. The van der Waals surface area contributed by atoms with Gasteiger partial charge in [0.05, 0.1) is 0 Å². The molecule has 0 spiro atoms. The van der Waals surface area contributed by atoms with E-state index < -0.39 is 0 Å². The van der Waals surface area contributed by atoms with Gasteiger partial charge in [-0.25, -0.2) is 0 Å². The van der Waals surface area contributed by atoms with Crippen LogP contribution in [0.15, 0.2) is 28.7 Å². The van der Waals surface area contributed by atoms with Gasteiger partial charge in [0.25, 0.3) is 0 Å². The molecule has 2 rings (SSSR count). The molecule has 1 N–H and O–H groups in total. The number of halogens is 1. The number of rotatable bonds is 1. The molecule has 1 aromatic rings. The average Bonchev–Trinajstić information content (AvgIpc) is 2.35. The Morgan fingerprint density at radius 1 is 1.22 bits per heavy atom. The number of benzene rings is 1. The first-order valence-electron chi connectivity index (χ1n) is 6.58. The van der Waals surface area contributed by atoms with Crippen LogP contribution in [0.2, 0.25) is 0 Å². The van der Waals surface area contributed by atoms with E-state index in [9.17, 15) is 0 Å². The third-order valence-corrected chi connectivity index (χ3v) is 4.24. The Bertz CT molecular complexity index is 426. The number of hydrogen-bond donors (Lipinski definition) is 1. The first-order valence-corrected chi connectivity index (χ1v) is 7.38. The van der Waals surface area contributed by atoms with Gasteiger partial charge in [-0.1, -0.05) is 22.0 Å². The van der Waals surface area contributed by atoms with Crippen molar-refractivity contribution in [2.75, 3.05) is 18.0 Å². The van der Waals surface area contributed by atoms with Crippen molar-refractivity contribution in [1.82, 2.24) is 5.32 Å². The van der Waals surface area contributed by atoms with Crippen LogP contribution < -0.4 is 10.2 Å². The third-order valence-electron chi connectivity index (χ3n) is 3.74. The summed E-state index contributed by atoms with van der Waals surface area (Å²) < 4.78 is 1.14. The molecule has 0 bridgehead atoms. The summed E-state index contributed by atoms with van der Waals surface area (Å²) in [7, 11) is 0. The Morgan fingerprint density at radius 3 is 2.61 bits per heavy atom. The summed E-state index contributed by atoms with van der Waals surface area (Å²) in [6.07, 6.45) is 1.16. The fourth-order valence-electron chi connectivity index (χ4n) is 2.59. The van der Waals surface area contributed by atoms with E-state index in [1.165, 1.54) is 5.69 Å². The Kier molecular flexibility index (Phi) is 3.75. The summed E-state index contributed by atoms with van der Waals surface area (Å²) in [6.45, 7) is 11.3. The van der Waals surface area contributed by atoms with E-state index >= 15 is 0 Å². The molecule has 0 aromatic heterocycles. The smallest absolute Gasteiger partial charge is 0.0382 e. The molecular weight excluding hydrogens is 288 g/mol. The molecule has 100 valence electrons. The van der Waals surface area contributed by atoms with E-state index in [0.717, 1.165) is 24.0 Å². The second-order valence-electron chi connectivity index (χ2n) is 6.44. The van der Waals surface area contributed by atoms with Gasteiger partial charge in [0.15, 0.2) is 0 Å². The van der Waals surface area contributed by atoms with Crippen LogP contribution in [-0.4, -0.2) is 24.2 Å². The van der Waals surface area contributed by atoms with Gasteiger partial charge >= 0.3 is 0 Å². The molecule has 0 amide bonds. The SMILES string of the molecule is CC1(C)CN(c2cccc(Br)c2)C(C)(C)CCN1. The summed E-state index contributed by atoms with van der Waals surface area (Å²) in [5.41, 5.74) is 1.63. The summed E-state index contributed by atoms with van der Waals surface area (Å²) in [5.74, 6) is 0. The highest BCUT2D eigenvalue weighted by Gasteiger charge is 2.34. The number of nitrogens with one attached hydrogen (secondary N) is 1. The van der Waals surface area contributed by atoms with Crippen LogP contribution in [-0.2, 0) is 0 Å². The van der Waals surface area contributed by atoms with Crippen molar-refractivity contribution >= 4 is 21.6 Å². The molecule has 1 saturated heterocycles. The third kappa shape index (κ3) is 3.07. The van der Waals surface area contributed by atoms with Crippen LogP contribution >= 0.6 is 15.9 Å². The van der Waals surface area contributed by atoms with Crippen molar-refractivity contribution in [3.05, 3.63) is 28.7 Å². The Labute approximate surface area is 119 Å². The minimum atomic E-state index is 0.149. The van der Waals surface area contributed by atoms with E-state index in [0.29, 0.717) is 0 Å². The maximum atomic E-state index is 3.64. The van der Waals surface area contributed by atoms with Gasteiger partial charge in [0, 0.05) is 27.8 Å². The quantitative estimate of drug-likeness (QED) is 0.848. The van der Waals surface area contributed by atoms with E-state index in [1.54, 1.807) is 0 Å². The first-order chi connectivity index (χ1) is 8.30. The molecule has 0 saturated carbocycles. The lowest BCUT2D eigenvalue weighted by Gasteiger charge is -2.41. The Hall–Kier alpha value is -0.540. The van der Waals surface area contributed by atoms with Crippen molar-refractivity contribution in [1.29, 1.82) is 0 Å². The van der Waals surface area contributed by atoms with Gasteiger partial charge in [-0.05, 0) is 58.9 Å². The molecule has 0 radical (unpaired) electrons. The molecule has 0 aliphatic carbocycles. The van der Waals surface area contributed by atoms with Gasteiger partial charge in [-0.15, -0.1) is 0 Å². The highest BCUT2D eigenvalue weighted by Crippen LogP contribution is 2.31. The average molecular weight is 311 g/mol. The molecule has 18 heavy (non-hydrogen) atoms. The second-order valence-corrected chi connectivity index (χ2v) is 7.35. The normalized spacial score (nSPS) is 22.6. The molecule has 0 atom stereocenters. The predicted molar refractivity (Wildman–Crippen MR) is 82.3 cm³/mol. The largest absolute Gasteiger partial charge is 0.365 e. The van der Waals surface area contributed by atoms with E-state index in [-0.39, 0.29) is 11.1 Å². The lowest BCUT2D eigenvalue weighted by Crippen LogP contribution is -2.51. The van der Waals surface area contributed by atoms with E-state index in [2.05, 4.69) is 78.1 Å². The molecule has 0 unspecified atom stereocenters. The van der Waals surface area contributed by atoms with Crippen molar-refractivity contribution in [2.45, 2.75) is 45.2 Å². The van der Waals surface area contributed by atoms with Crippen molar-refractivity contribution in [3.63, 3.8) is 0 Å². The zero-order valence-corrected chi connectivity index (χ0v) is 13.3. The van der Waals surface area contributed by atoms with Crippen molar-refractivity contribution < 1.29 is 0 Å². The second kappa shape index (κ2) is 4.86. The number of nitrogens with zero attached hydrogens (tertiary/aromatic N) is 1. The number of anilines is 1. The van der Waals surface area contributed by atoms with Crippen molar-refractivity contribution in [3.8, 4) is 0 Å². The molecule has 1 aromatic carbocycles. The van der Waals surface area contributed by atoms with Crippen LogP contribution in [0, 0.1) is 0 Å². The minimum Gasteiger partial charge on any atom is -0.365 e. The van der Waals surface area contributed by atoms with Gasteiger partial charge in [-0.2, -0.15) is 0 Å². The molecular formula is C15H23BrN2. The molecule has 3 heteroatoms. The van der Waals surface area contributed by atoms with Gasteiger partial charge in [-0.3, -0.25) is 0 Å². The highest BCUT2D eigenvalue weighted by molar-refractivity contribution is 9.10. The topological polar surface area (TPSA) is 15.3 Å². The lowest BCUT2D eigenvalue weighted by molar-refractivity contribution is 0.409. The maximum Gasteiger partial charge on any atom is 0.0382 e. The van der Waals surface area contributed by atoms with Crippen LogP contribution in [0.3, 0.4) is 0 Å². The van der Waals surface area contributed by atoms with Gasteiger partial charge in [0.1, 0.15) is 0 Å². The fourth-order valence-corrected chi connectivity index (χ4v) is 2.98. The summed E-state index contributed by atoms with van der Waals surface area (Å²) in [4.78, 5) is 2.53. The van der Waals surface area contributed by atoms with Crippen molar-refractivity contribution in [2.24, 2.45) is 0 Å². The van der Waals surface area contributed by atoms with Gasteiger partial charge < -0.3 is 10.2 Å². The van der Waals surface area contributed by atoms with Crippen LogP contribution in [0.5, 0.6) is 0 Å². The molecule has 2 nitrogen and oxygen atoms in total. The molecule has 1 fully saturated rings. The number of hydrogen-bond acceptors (Lipinski definition) is 2. The summed E-state index contributed by atoms with van der Waals surface area (Å²) in [6, 6.07) is 8.61. The first kappa shape index (κ1) is 13.9. The summed E-state index contributed by atoms with van der Waals surface area (Å²) in [5, 5.41) is 3.64. The molecule has 1 aliphatic heterocycles. The zero-order chi connectivity index (χ0) is 13.4. The predicted octanol–water partition coefficient (Wildman–Crippen LogP) is 3.81. The fraction of sp³-hybridized carbons (Fsp3) is 0.600. The van der Waals surface area contributed by atoms with Gasteiger partial charge in [0.2, 0.25) is 0 Å². The molecule has 1 heterocycles. The van der Waals surface area contributed by atoms with E-state index in [1.807, 2.05) is 0 Å². The maximum absolute atomic E-state index is 3.64. The van der Waals surface area contributed by atoms with Crippen LogP contribution in [0.4, 0.5) is 5.69 Å². The molecule has 1 aliphatic rings. The Morgan fingerprint density at radius 2 is 1.94 bits per heavy atom. The standard InChI is InChI=1S/C15H23BrN2/c1-14(2)11-18(15(3,4)8-9-17-14)13-7-5-6-12(16)10-13/h5-7,10,17H,8-9,11H2,1-4H3. The van der Waals surface area contributed by atoms with Crippen LogP contribution in [0.25, 0.3) is 0 Å². The van der Waals surface area contributed by atoms with E-state index in [4.69, 9.17) is 0 Å².